The fourth-order valence-electron chi connectivity index (χ4n) is 2.34. The molecule has 2 N–H and O–H groups in total. The van der Waals surface area contributed by atoms with Crippen LogP contribution in [0.15, 0.2) is 18.3 Å². The van der Waals surface area contributed by atoms with Crippen LogP contribution in [0, 0.1) is 0 Å². The van der Waals surface area contributed by atoms with Gasteiger partial charge in [-0.05, 0) is 31.4 Å². The van der Waals surface area contributed by atoms with Crippen molar-refractivity contribution in [3.05, 3.63) is 23.9 Å². The standard InChI is InChI=1S/C13H17N3O2S/c1-18-12-9(5-4-7-15-12)13(17)16-8-3-2-6-10(16)11(14)19/h4-5,7,10H,2-3,6,8H2,1H3,(H2,14,19). The lowest BCUT2D eigenvalue weighted by Gasteiger charge is -2.35. The number of nitrogens with two attached hydrogens (primary N) is 1. The maximum absolute atomic E-state index is 12.6. The van der Waals surface area contributed by atoms with Gasteiger partial charge in [0.25, 0.3) is 5.91 Å². The number of ether oxygens (including phenoxy) is 1. The molecule has 1 amide bonds. The van der Waals surface area contributed by atoms with Gasteiger partial charge in [0.05, 0.1) is 18.1 Å². The van der Waals surface area contributed by atoms with Crippen molar-refractivity contribution < 1.29 is 9.53 Å². The summed E-state index contributed by atoms with van der Waals surface area (Å²) in [4.78, 5) is 18.7. The molecular formula is C13H17N3O2S. The van der Waals surface area contributed by atoms with Crippen molar-refractivity contribution in [1.82, 2.24) is 9.88 Å². The van der Waals surface area contributed by atoms with Crippen LogP contribution < -0.4 is 10.5 Å². The molecule has 2 rings (SSSR count). The molecule has 102 valence electrons. The Morgan fingerprint density at radius 1 is 1.58 bits per heavy atom. The van der Waals surface area contributed by atoms with Gasteiger partial charge in [0.15, 0.2) is 0 Å². The van der Waals surface area contributed by atoms with Crippen molar-refractivity contribution >= 4 is 23.1 Å². The summed E-state index contributed by atoms with van der Waals surface area (Å²) in [6.07, 6.45) is 4.42. The molecule has 0 spiro atoms. The van der Waals surface area contributed by atoms with Crippen molar-refractivity contribution in [2.45, 2.75) is 25.3 Å². The van der Waals surface area contributed by atoms with Gasteiger partial charge < -0.3 is 15.4 Å². The monoisotopic (exact) mass is 279 g/mol. The van der Waals surface area contributed by atoms with Gasteiger partial charge in [-0.1, -0.05) is 12.2 Å². The molecule has 0 bridgehead atoms. The Balaban J connectivity index is 2.29. The number of rotatable bonds is 3. The lowest BCUT2D eigenvalue weighted by atomic mass is 10.0. The molecule has 0 aliphatic carbocycles. The highest BCUT2D eigenvalue weighted by atomic mass is 32.1. The number of carbonyl (C=O) groups is 1. The van der Waals surface area contributed by atoms with Gasteiger partial charge in [-0.15, -0.1) is 0 Å². The molecule has 6 heteroatoms. The summed E-state index contributed by atoms with van der Waals surface area (Å²) in [6, 6.07) is 3.26. The quantitative estimate of drug-likeness (QED) is 0.846. The van der Waals surface area contributed by atoms with Crippen LogP contribution in [-0.2, 0) is 0 Å². The van der Waals surface area contributed by atoms with Crippen LogP contribution >= 0.6 is 12.2 Å². The largest absolute Gasteiger partial charge is 0.480 e. The highest BCUT2D eigenvalue weighted by Crippen LogP contribution is 2.23. The number of pyridine rings is 1. The number of hydrogen-bond donors (Lipinski definition) is 1. The van der Waals surface area contributed by atoms with Crippen molar-refractivity contribution in [2.75, 3.05) is 13.7 Å². The molecule has 1 saturated heterocycles. The predicted molar refractivity (Wildman–Crippen MR) is 76.2 cm³/mol. The van der Waals surface area contributed by atoms with Crippen LogP contribution in [0.3, 0.4) is 0 Å². The van der Waals surface area contributed by atoms with Crippen LogP contribution in [0.4, 0.5) is 0 Å². The molecule has 0 aromatic carbocycles. The van der Waals surface area contributed by atoms with Crippen LogP contribution in [-0.4, -0.2) is 40.5 Å². The predicted octanol–water partition coefficient (Wildman–Crippen LogP) is 1.37. The van der Waals surface area contributed by atoms with Gasteiger partial charge >= 0.3 is 0 Å². The van der Waals surface area contributed by atoms with Gasteiger partial charge in [-0.25, -0.2) is 4.98 Å². The number of nitrogens with zero attached hydrogens (tertiary/aromatic N) is 2. The fraction of sp³-hybridized carbons (Fsp3) is 0.462. The number of methoxy groups -OCH3 is 1. The Bertz CT molecular complexity index is 493. The summed E-state index contributed by atoms with van der Waals surface area (Å²) in [5, 5.41) is 0. The number of hydrogen-bond acceptors (Lipinski definition) is 4. The first kappa shape index (κ1) is 13.7. The Morgan fingerprint density at radius 3 is 3.05 bits per heavy atom. The first-order valence-corrected chi connectivity index (χ1v) is 6.65. The van der Waals surface area contributed by atoms with Crippen LogP contribution in [0.1, 0.15) is 29.6 Å². The molecule has 1 aromatic rings. The van der Waals surface area contributed by atoms with E-state index < -0.39 is 0 Å². The number of thiocarbonyl (C=S) groups is 1. The normalized spacial score (nSPS) is 19.0. The molecule has 1 aromatic heterocycles. The van der Waals surface area contributed by atoms with Gasteiger partial charge in [0, 0.05) is 12.7 Å². The molecule has 5 nitrogen and oxygen atoms in total. The van der Waals surface area contributed by atoms with Crippen LogP contribution in [0.5, 0.6) is 5.88 Å². The van der Waals surface area contributed by atoms with E-state index in [1.807, 2.05) is 0 Å². The highest BCUT2D eigenvalue weighted by Gasteiger charge is 2.30. The minimum Gasteiger partial charge on any atom is -0.480 e. The molecule has 1 atom stereocenters. The number of likely N-dealkylation sites (tertiary alicyclic amines) is 1. The first-order chi connectivity index (χ1) is 9.15. The smallest absolute Gasteiger partial charge is 0.259 e. The maximum Gasteiger partial charge on any atom is 0.259 e. The van der Waals surface area contributed by atoms with E-state index in [0.717, 1.165) is 19.3 Å². The minimum atomic E-state index is -0.166. The van der Waals surface area contributed by atoms with Gasteiger partial charge in [-0.3, -0.25) is 4.79 Å². The van der Waals surface area contributed by atoms with Crippen LogP contribution in [0.25, 0.3) is 0 Å². The lowest BCUT2D eigenvalue weighted by Crippen LogP contribution is -2.49. The molecule has 1 fully saturated rings. The summed E-state index contributed by atoms with van der Waals surface area (Å²) < 4.78 is 5.13. The zero-order chi connectivity index (χ0) is 13.8. The lowest BCUT2D eigenvalue weighted by molar-refractivity contribution is 0.0677. The van der Waals surface area contributed by atoms with E-state index in [1.54, 1.807) is 23.2 Å². The number of amides is 1. The average Bonchev–Trinajstić information content (AvgIpc) is 2.46. The summed E-state index contributed by atoms with van der Waals surface area (Å²) in [5.74, 6) is 0.210. The summed E-state index contributed by atoms with van der Waals surface area (Å²) in [7, 11) is 1.50. The highest BCUT2D eigenvalue weighted by molar-refractivity contribution is 7.80. The molecule has 2 heterocycles. The van der Waals surface area contributed by atoms with Crippen molar-refractivity contribution in [1.29, 1.82) is 0 Å². The Hall–Kier alpha value is -1.69. The number of piperidine rings is 1. The summed E-state index contributed by atoms with van der Waals surface area (Å²) >= 11 is 5.06. The number of aromatic nitrogens is 1. The second-order valence-corrected chi connectivity index (χ2v) is 4.94. The molecule has 19 heavy (non-hydrogen) atoms. The second-order valence-electron chi connectivity index (χ2n) is 4.47. The van der Waals surface area contributed by atoms with Crippen LogP contribution in [0.2, 0.25) is 0 Å². The van der Waals surface area contributed by atoms with Gasteiger partial charge in [-0.2, -0.15) is 0 Å². The zero-order valence-corrected chi connectivity index (χ0v) is 11.7. The summed E-state index contributed by atoms with van der Waals surface area (Å²) in [5.41, 5.74) is 6.19. The molecule has 1 aliphatic heterocycles. The topological polar surface area (TPSA) is 68.5 Å². The molecule has 1 unspecified atom stereocenters. The Morgan fingerprint density at radius 2 is 2.37 bits per heavy atom. The van der Waals surface area contributed by atoms with E-state index in [-0.39, 0.29) is 11.9 Å². The Labute approximate surface area is 117 Å². The zero-order valence-electron chi connectivity index (χ0n) is 10.8. The van der Waals surface area contributed by atoms with Crippen molar-refractivity contribution in [3.8, 4) is 5.88 Å². The van der Waals surface area contributed by atoms with E-state index in [0.29, 0.717) is 23.0 Å². The third kappa shape index (κ3) is 2.84. The maximum atomic E-state index is 12.6. The van der Waals surface area contributed by atoms with E-state index in [2.05, 4.69) is 4.98 Å². The van der Waals surface area contributed by atoms with Crippen molar-refractivity contribution in [3.63, 3.8) is 0 Å². The SMILES string of the molecule is COc1ncccc1C(=O)N1CCCCC1C(N)=S. The van der Waals surface area contributed by atoms with E-state index >= 15 is 0 Å². The third-order valence-corrected chi connectivity index (χ3v) is 3.56. The minimum absolute atomic E-state index is 0.123. The molecular weight excluding hydrogens is 262 g/mol. The number of carbonyl (C=O) groups excluding carboxylic acids is 1. The molecule has 0 saturated carbocycles. The molecule has 1 aliphatic rings. The molecule has 0 radical (unpaired) electrons. The average molecular weight is 279 g/mol. The van der Waals surface area contributed by atoms with E-state index in [1.165, 1.54) is 7.11 Å². The van der Waals surface area contributed by atoms with E-state index in [9.17, 15) is 4.79 Å². The van der Waals surface area contributed by atoms with Crippen molar-refractivity contribution in [2.24, 2.45) is 5.73 Å². The summed E-state index contributed by atoms with van der Waals surface area (Å²) in [6.45, 7) is 0.666. The van der Waals surface area contributed by atoms with Gasteiger partial charge in [0.2, 0.25) is 5.88 Å². The third-order valence-electron chi connectivity index (χ3n) is 3.29. The second kappa shape index (κ2) is 5.97. The van der Waals surface area contributed by atoms with E-state index in [4.69, 9.17) is 22.7 Å². The first-order valence-electron chi connectivity index (χ1n) is 6.24. The fourth-order valence-corrected chi connectivity index (χ4v) is 2.59. The van der Waals surface area contributed by atoms with Gasteiger partial charge in [0.1, 0.15) is 5.56 Å². The Kier molecular flexibility index (Phi) is 4.31.